The first-order valence-electron chi connectivity index (χ1n) is 5.80. The van der Waals surface area contributed by atoms with Crippen LogP contribution in [0, 0.1) is 17.0 Å². The zero-order valence-electron chi connectivity index (χ0n) is 11.1. The van der Waals surface area contributed by atoms with E-state index in [1.807, 2.05) is 0 Å². The molecule has 110 valence electrons. The van der Waals surface area contributed by atoms with Gasteiger partial charge < -0.3 is 10.4 Å². The van der Waals surface area contributed by atoms with E-state index < -0.39 is 28.9 Å². The monoisotopic (exact) mass is 303 g/mol. The smallest absolute Gasteiger partial charge is 0.310 e. The molecule has 0 radical (unpaired) electrons. The fraction of sp³-hybridized carbons (Fsp3) is 0.385. The van der Waals surface area contributed by atoms with Crippen molar-refractivity contribution in [2.75, 3.05) is 12.3 Å². The van der Waals surface area contributed by atoms with Gasteiger partial charge >= 0.3 is 5.97 Å². The predicted octanol–water partition coefficient (Wildman–Crippen LogP) is 2.28. The van der Waals surface area contributed by atoms with Crippen molar-refractivity contribution in [3.8, 4) is 0 Å². The second kappa shape index (κ2) is 6.69. The van der Waals surface area contributed by atoms with Crippen molar-refractivity contribution in [1.82, 2.24) is 5.32 Å². The molecule has 0 fully saturated rings. The van der Waals surface area contributed by atoms with Crippen LogP contribution in [0.5, 0.6) is 0 Å². The maximum Gasteiger partial charge on any atom is 0.310 e. The topological polar surface area (TPSA) is 66.4 Å². The third-order valence-electron chi connectivity index (χ3n) is 2.56. The lowest BCUT2D eigenvalue weighted by Crippen LogP contribution is -2.39. The Morgan fingerprint density at radius 1 is 1.35 bits per heavy atom. The van der Waals surface area contributed by atoms with E-state index in [1.54, 1.807) is 0 Å². The van der Waals surface area contributed by atoms with E-state index in [0.717, 1.165) is 23.9 Å². The minimum atomic E-state index is -1.07. The van der Waals surface area contributed by atoms with Crippen molar-refractivity contribution in [2.24, 2.45) is 5.41 Å². The van der Waals surface area contributed by atoms with Crippen LogP contribution in [-0.4, -0.2) is 29.3 Å². The molecule has 0 aliphatic heterocycles. The highest BCUT2D eigenvalue weighted by molar-refractivity contribution is 8.00. The quantitative estimate of drug-likeness (QED) is 0.791. The van der Waals surface area contributed by atoms with Crippen LogP contribution in [0.25, 0.3) is 0 Å². The van der Waals surface area contributed by atoms with Crippen LogP contribution < -0.4 is 5.32 Å². The highest BCUT2D eigenvalue weighted by Gasteiger charge is 2.27. The van der Waals surface area contributed by atoms with Crippen molar-refractivity contribution >= 4 is 23.6 Å². The number of aliphatic carboxylic acids is 1. The summed E-state index contributed by atoms with van der Waals surface area (Å²) < 4.78 is 26.0. The van der Waals surface area contributed by atoms with Gasteiger partial charge in [0.1, 0.15) is 11.6 Å². The molecule has 1 aromatic rings. The van der Waals surface area contributed by atoms with Crippen LogP contribution in [0.1, 0.15) is 13.8 Å². The van der Waals surface area contributed by atoms with E-state index in [2.05, 4.69) is 5.32 Å². The second-order valence-electron chi connectivity index (χ2n) is 4.83. The van der Waals surface area contributed by atoms with Gasteiger partial charge in [0, 0.05) is 17.5 Å². The molecule has 1 aromatic carbocycles. The van der Waals surface area contributed by atoms with Crippen molar-refractivity contribution in [3.63, 3.8) is 0 Å². The van der Waals surface area contributed by atoms with Crippen molar-refractivity contribution in [3.05, 3.63) is 29.8 Å². The Balaban J connectivity index is 2.46. The first kappa shape index (κ1) is 16.4. The number of carbonyl (C=O) groups is 2. The van der Waals surface area contributed by atoms with Gasteiger partial charge in [-0.15, -0.1) is 11.8 Å². The normalized spacial score (nSPS) is 11.2. The van der Waals surface area contributed by atoms with Gasteiger partial charge in [0.25, 0.3) is 0 Å². The summed E-state index contributed by atoms with van der Waals surface area (Å²) in [6.45, 7) is 2.96. The van der Waals surface area contributed by atoms with Crippen molar-refractivity contribution in [2.45, 2.75) is 18.7 Å². The van der Waals surface area contributed by atoms with Gasteiger partial charge in [-0.1, -0.05) is 0 Å². The fourth-order valence-electron chi connectivity index (χ4n) is 1.18. The second-order valence-corrected chi connectivity index (χ2v) is 5.85. The number of benzene rings is 1. The minimum Gasteiger partial charge on any atom is -0.481 e. The fourth-order valence-corrected chi connectivity index (χ4v) is 1.93. The highest BCUT2D eigenvalue weighted by atomic mass is 32.2. The Morgan fingerprint density at radius 2 is 2.00 bits per heavy atom. The number of rotatable bonds is 6. The molecule has 0 spiro atoms. The number of hydrogen-bond acceptors (Lipinski definition) is 3. The summed E-state index contributed by atoms with van der Waals surface area (Å²) in [4.78, 5) is 22.6. The number of carboxylic acid groups (broad SMARTS) is 1. The first-order chi connectivity index (χ1) is 9.22. The maximum atomic E-state index is 13.3. The lowest BCUT2D eigenvalue weighted by Gasteiger charge is -2.19. The van der Waals surface area contributed by atoms with Crippen LogP contribution in [0.4, 0.5) is 8.78 Å². The molecule has 7 heteroatoms. The van der Waals surface area contributed by atoms with Gasteiger partial charge in [0.15, 0.2) is 0 Å². The standard InChI is InChI=1S/C13H15F2NO3S/c1-13(2,12(18)19)7-16-11(17)6-20-10-4-3-8(14)5-9(10)15/h3-5H,6-7H2,1-2H3,(H,16,17)(H,18,19). The van der Waals surface area contributed by atoms with Gasteiger partial charge in [-0.3, -0.25) is 9.59 Å². The summed E-state index contributed by atoms with van der Waals surface area (Å²) in [5.41, 5.74) is -1.07. The van der Waals surface area contributed by atoms with Crippen molar-refractivity contribution in [1.29, 1.82) is 0 Å². The summed E-state index contributed by atoms with van der Waals surface area (Å²) in [6.07, 6.45) is 0. The Hall–Kier alpha value is -1.63. The number of thioether (sulfide) groups is 1. The number of carboxylic acids is 1. The molecule has 0 aliphatic carbocycles. The van der Waals surface area contributed by atoms with Gasteiger partial charge in [-0.2, -0.15) is 0 Å². The lowest BCUT2D eigenvalue weighted by atomic mass is 9.94. The zero-order valence-corrected chi connectivity index (χ0v) is 11.9. The van der Waals surface area contributed by atoms with Crippen LogP contribution in [0.15, 0.2) is 23.1 Å². The van der Waals surface area contributed by atoms with Gasteiger partial charge in [-0.25, -0.2) is 8.78 Å². The van der Waals surface area contributed by atoms with E-state index >= 15 is 0 Å². The van der Waals surface area contributed by atoms with Crippen molar-refractivity contribution < 1.29 is 23.5 Å². The molecule has 4 nitrogen and oxygen atoms in total. The largest absolute Gasteiger partial charge is 0.481 e. The zero-order chi connectivity index (χ0) is 15.3. The van der Waals surface area contributed by atoms with Crippen LogP contribution in [0.2, 0.25) is 0 Å². The Labute approximate surface area is 119 Å². The minimum absolute atomic E-state index is 0.0202. The first-order valence-corrected chi connectivity index (χ1v) is 6.79. The number of amides is 1. The molecule has 0 unspecified atom stereocenters. The van der Waals surface area contributed by atoms with Gasteiger partial charge in [-0.05, 0) is 26.0 Å². The molecule has 0 bridgehead atoms. The number of carbonyl (C=O) groups excluding carboxylic acids is 1. The van der Waals surface area contributed by atoms with Gasteiger partial charge in [0.05, 0.1) is 11.2 Å². The maximum absolute atomic E-state index is 13.3. The van der Waals surface area contributed by atoms with E-state index in [9.17, 15) is 18.4 Å². The lowest BCUT2D eigenvalue weighted by molar-refractivity contribution is -0.146. The Kier molecular flexibility index (Phi) is 5.50. The third-order valence-corrected chi connectivity index (χ3v) is 3.61. The summed E-state index contributed by atoms with van der Waals surface area (Å²) >= 11 is 0.922. The number of nitrogens with one attached hydrogen (secondary N) is 1. The molecule has 0 saturated carbocycles. The Bertz CT molecular complexity index is 520. The molecule has 0 atom stereocenters. The van der Waals surface area contributed by atoms with E-state index in [0.29, 0.717) is 0 Å². The van der Waals surface area contributed by atoms with Gasteiger partial charge in [0.2, 0.25) is 5.91 Å². The molecule has 0 heterocycles. The molecular formula is C13H15F2NO3S. The third kappa shape index (κ3) is 4.80. The van der Waals surface area contributed by atoms with Crippen LogP contribution in [0.3, 0.4) is 0 Å². The SMILES string of the molecule is CC(C)(CNC(=O)CSc1ccc(F)cc1F)C(=O)O. The molecule has 1 amide bonds. The van der Waals surface area contributed by atoms with Crippen LogP contribution >= 0.6 is 11.8 Å². The molecule has 2 N–H and O–H groups in total. The summed E-state index contributed by atoms with van der Waals surface area (Å²) in [5, 5.41) is 11.4. The Morgan fingerprint density at radius 3 is 2.55 bits per heavy atom. The summed E-state index contributed by atoms with van der Waals surface area (Å²) in [5.74, 6) is -2.91. The molecule has 1 rings (SSSR count). The summed E-state index contributed by atoms with van der Waals surface area (Å²) in [7, 11) is 0. The molecule has 0 aliphatic rings. The number of halogens is 2. The molecule has 20 heavy (non-hydrogen) atoms. The predicted molar refractivity (Wildman–Crippen MR) is 71.5 cm³/mol. The van der Waals surface area contributed by atoms with E-state index in [4.69, 9.17) is 5.11 Å². The average Bonchev–Trinajstić information content (AvgIpc) is 2.35. The summed E-state index contributed by atoms with van der Waals surface area (Å²) in [6, 6.07) is 3.11. The number of hydrogen-bond donors (Lipinski definition) is 2. The average molecular weight is 303 g/mol. The molecular weight excluding hydrogens is 288 g/mol. The van der Waals surface area contributed by atoms with E-state index in [1.165, 1.54) is 19.9 Å². The highest BCUT2D eigenvalue weighted by Crippen LogP contribution is 2.22. The molecule has 0 saturated heterocycles. The van der Waals surface area contributed by atoms with Crippen LogP contribution in [-0.2, 0) is 9.59 Å². The molecule has 0 aromatic heterocycles. The van der Waals surface area contributed by atoms with E-state index in [-0.39, 0.29) is 17.2 Å².